The van der Waals surface area contributed by atoms with E-state index < -0.39 is 6.10 Å². The van der Waals surface area contributed by atoms with E-state index in [9.17, 15) is 5.11 Å². The third-order valence-electron chi connectivity index (χ3n) is 5.37. The molecule has 0 aromatic heterocycles. The van der Waals surface area contributed by atoms with Gasteiger partial charge in [0.2, 0.25) is 0 Å². The molecule has 0 aliphatic heterocycles. The first-order valence-electron chi connectivity index (χ1n) is 10.1. The first-order valence-corrected chi connectivity index (χ1v) is 10.1. The Bertz CT molecular complexity index is 883. The fourth-order valence-electron chi connectivity index (χ4n) is 3.87. The zero-order valence-electron chi connectivity index (χ0n) is 16.5. The van der Waals surface area contributed by atoms with Crippen molar-refractivity contribution >= 4 is 12.4 Å². The van der Waals surface area contributed by atoms with Crippen LogP contribution >= 0.6 is 12.4 Å². The van der Waals surface area contributed by atoms with E-state index in [-0.39, 0.29) is 19.0 Å². The summed E-state index contributed by atoms with van der Waals surface area (Å²) < 4.78 is 5.78. The molecule has 2 atom stereocenters. The van der Waals surface area contributed by atoms with Crippen molar-refractivity contribution in [2.45, 2.75) is 31.4 Å². The molecule has 4 rings (SSSR count). The summed E-state index contributed by atoms with van der Waals surface area (Å²) in [5.41, 5.74) is 5.14. The maximum absolute atomic E-state index is 10.3. The summed E-state index contributed by atoms with van der Waals surface area (Å²) in [4.78, 5) is 0. The summed E-state index contributed by atoms with van der Waals surface area (Å²) in [7, 11) is 0. The molecule has 1 aliphatic carbocycles. The minimum Gasteiger partial charge on any atom is -0.491 e. The summed E-state index contributed by atoms with van der Waals surface area (Å²) in [5.74, 6) is 0.779. The van der Waals surface area contributed by atoms with E-state index in [1.54, 1.807) is 0 Å². The molecule has 0 unspecified atom stereocenters. The monoisotopic (exact) mass is 409 g/mol. The number of nitrogens with one attached hydrogen (secondary N) is 1. The van der Waals surface area contributed by atoms with E-state index in [1.165, 1.54) is 23.1 Å². The van der Waals surface area contributed by atoms with E-state index >= 15 is 0 Å². The van der Waals surface area contributed by atoms with Gasteiger partial charge < -0.3 is 15.2 Å². The van der Waals surface area contributed by atoms with Crippen LogP contribution in [0.1, 0.15) is 30.0 Å². The van der Waals surface area contributed by atoms with Gasteiger partial charge in [0.1, 0.15) is 18.5 Å². The topological polar surface area (TPSA) is 41.5 Å². The van der Waals surface area contributed by atoms with Gasteiger partial charge in [-0.15, -0.1) is 12.4 Å². The molecule has 3 aromatic carbocycles. The third kappa shape index (κ3) is 5.60. The maximum Gasteiger partial charge on any atom is 0.119 e. The van der Waals surface area contributed by atoms with Gasteiger partial charge in [-0.3, -0.25) is 0 Å². The molecule has 0 radical (unpaired) electrons. The van der Waals surface area contributed by atoms with E-state index in [0.29, 0.717) is 12.6 Å². The molecule has 0 saturated heterocycles. The van der Waals surface area contributed by atoms with Crippen molar-refractivity contribution in [3.05, 3.63) is 90.0 Å². The largest absolute Gasteiger partial charge is 0.491 e. The third-order valence-corrected chi connectivity index (χ3v) is 5.37. The molecule has 0 fully saturated rings. The lowest BCUT2D eigenvalue weighted by atomic mass is 9.88. The number of ether oxygens (including phenoxy) is 1. The van der Waals surface area contributed by atoms with E-state index in [1.807, 2.05) is 42.5 Å². The van der Waals surface area contributed by atoms with E-state index in [4.69, 9.17) is 4.74 Å². The van der Waals surface area contributed by atoms with Crippen molar-refractivity contribution in [2.75, 3.05) is 13.2 Å². The summed E-state index contributed by atoms with van der Waals surface area (Å²) in [6.07, 6.45) is 2.92. The Labute approximate surface area is 179 Å². The zero-order valence-corrected chi connectivity index (χ0v) is 17.3. The number of rotatable bonds is 7. The van der Waals surface area contributed by atoms with Gasteiger partial charge in [0, 0.05) is 12.6 Å². The second-order valence-electron chi connectivity index (χ2n) is 7.41. The minimum absolute atomic E-state index is 0. The molecule has 3 nitrogen and oxygen atoms in total. The van der Waals surface area contributed by atoms with Crippen LogP contribution in [0.15, 0.2) is 78.9 Å². The van der Waals surface area contributed by atoms with Gasteiger partial charge >= 0.3 is 0 Å². The lowest BCUT2D eigenvalue weighted by Gasteiger charge is -2.27. The molecule has 0 bridgehead atoms. The molecule has 1 aliphatic rings. The molecule has 0 heterocycles. The average Bonchev–Trinajstić information content (AvgIpc) is 2.77. The molecule has 152 valence electrons. The Hall–Kier alpha value is -2.33. The van der Waals surface area contributed by atoms with Gasteiger partial charge in [-0.05, 0) is 53.6 Å². The quantitative estimate of drug-likeness (QED) is 0.564. The first kappa shape index (κ1) is 21.4. The van der Waals surface area contributed by atoms with Crippen molar-refractivity contribution in [3.8, 4) is 16.9 Å². The van der Waals surface area contributed by atoms with Crippen molar-refractivity contribution in [1.82, 2.24) is 5.32 Å². The predicted molar refractivity (Wildman–Crippen MR) is 121 cm³/mol. The average molecular weight is 410 g/mol. The molecular weight excluding hydrogens is 382 g/mol. The number of aliphatic hydroxyl groups is 1. The number of hydrogen-bond acceptors (Lipinski definition) is 3. The Morgan fingerprint density at radius 2 is 1.59 bits per heavy atom. The molecular formula is C25H28ClNO2. The van der Waals surface area contributed by atoms with Crippen molar-refractivity contribution in [2.24, 2.45) is 0 Å². The normalized spacial score (nSPS) is 16.4. The van der Waals surface area contributed by atoms with Crippen LogP contribution in [0.25, 0.3) is 11.1 Å². The maximum atomic E-state index is 10.3. The molecule has 0 saturated carbocycles. The summed E-state index contributed by atoms with van der Waals surface area (Å²) in [6, 6.07) is 27.2. The second-order valence-corrected chi connectivity index (χ2v) is 7.41. The number of fused-ring (bicyclic) bond motifs is 1. The van der Waals surface area contributed by atoms with Crippen LogP contribution in [0.5, 0.6) is 5.75 Å². The van der Waals surface area contributed by atoms with Crippen molar-refractivity contribution in [1.29, 1.82) is 0 Å². The fraction of sp³-hybridized carbons (Fsp3) is 0.280. The SMILES string of the molecule is Cl.O[C@@H](CN[C@@H]1CCCc2ccccc21)COc1ccc(-c2ccccc2)cc1. The Morgan fingerprint density at radius 1 is 0.897 bits per heavy atom. The number of aryl methyl sites for hydroxylation is 1. The van der Waals surface area contributed by atoms with Gasteiger partial charge in [-0.1, -0.05) is 66.7 Å². The van der Waals surface area contributed by atoms with Crippen LogP contribution in [0.2, 0.25) is 0 Å². The van der Waals surface area contributed by atoms with Crippen molar-refractivity contribution < 1.29 is 9.84 Å². The number of benzene rings is 3. The van der Waals surface area contributed by atoms with Crippen LogP contribution in [-0.4, -0.2) is 24.4 Å². The molecule has 2 N–H and O–H groups in total. The minimum atomic E-state index is -0.539. The highest BCUT2D eigenvalue weighted by Crippen LogP contribution is 2.29. The molecule has 29 heavy (non-hydrogen) atoms. The summed E-state index contributed by atoms with van der Waals surface area (Å²) in [6.45, 7) is 0.813. The lowest BCUT2D eigenvalue weighted by molar-refractivity contribution is 0.103. The predicted octanol–water partition coefficient (Wildman–Crippen LogP) is 5.18. The van der Waals surface area contributed by atoms with Crippen LogP contribution in [0.3, 0.4) is 0 Å². The van der Waals surface area contributed by atoms with Crippen LogP contribution in [0.4, 0.5) is 0 Å². The highest BCUT2D eigenvalue weighted by atomic mass is 35.5. The van der Waals surface area contributed by atoms with E-state index in [2.05, 4.69) is 41.7 Å². The van der Waals surface area contributed by atoms with Gasteiger partial charge in [-0.2, -0.15) is 0 Å². The van der Waals surface area contributed by atoms with Crippen LogP contribution < -0.4 is 10.1 Å². The van der Waals surface area contributed by atoms with Crippen LogP contribution in [-0.2, 0) is 6.42 Å². The Balaban J connectivity index is 0.00000240. The van der Waals surface area contributed by atoms with Crippen LogP contribution in [0, 0.1) is 0 Å². The fourth-order valence-corrected chi connectivity index (χ4v) is 3.87. The first-order chi connectivity index (χ1) is 13.8. The van der Waals surface area contributed by atoms with Gasteiger partial charge in [0.15, 0.2) is 0 Å². The standard InChI is InChI=1S/C25H27NO2.ClH/c27-22(17-26-25-12-6-10-21-9-4-5-11-24(21)25)18-28-23-15-13-20(14-16-23)19-7-2-1-3-8-19;/h1-5,7-9,11,13-16,22,25-27H,6,10,12,17-18H2;1H/t22-,25+;/m0./s1. The molecule has 0 spiro atoms. The highest BCUT2D eigenvalue weighted by molar-refractivity contribution is 5.85. The highest BCUT2D eigenvalue weighted by Gasteiger charge is 2.20. The summed E-state index contributed by atoms with van der Waals surface area (Å²) >= 11 is 0. The Kier molecular flexibility index (Phi) is 7.70. The van der Waals surface area contributed by atoms with Gasteiger partial charge in [0.25, 0.3) is 0 Å². The van der Waals surface area contributed by atoms with Gasteiger partial charge in [0.05, 0.1) is 0 Å². The van der Waals surface area contributed by atoms with E-state index in [0.717, 1.165) is 24.2 Å². The Morgan fingerprint density at radius 3 is 2.38 bits per heavy atom. The number of halogens is 1. The lowest BCUT2D eigenvalue weighted by Crippen LogP contribution is -2.35. The zero-order chi connectivity index (χ0) is 19.2. The molecule has 3 aromatic rings. The van der Waals surface area contributed by atoms with Gasteiger partial charge in [-0.25, -0.2) is 0 Å². The van der Waals surface area contributed by atoms with Crippen molar-refractivity contribution in [3.63, 3.8) is 0 Å². The smallest absolute Gasteiger partial charge is 0.119 e. The number of hydrogen-bond donors (Lipinski definition) is 2. The molecule has 4 heteroatoms. The summed E-state index contributed by atoms with van der Waals surface area (Å²) in [5, 5.41) is 13.8. The molecule has 0 amide bonds. The second kappa shape index (κ2) is 10.4. The number of aliphatic hydroxyl groups excluding tert-OH is 1.